The minimum Gasteiger partial charge on any atom is -0.390 e. The predicted molar refractivity (Wildman–Crippen MR) is 89.1 cm³/mol. The van der Waals surface area contributed by atoms with Crippen molar-refractivity contribution in [2.24, 2.45) is 17.8 Å². The summed E-state index contributed by atoms with van der Waals surface area (Å²) >= 11 is 0. The van der Waals surface area contributed by atoms with Crippen molar-refractivity contribution < 1.29 is 5.11 Å². The highest BCUT2D eigenvalue weighted by molar-refractivity contribution is 6.02. The first-order chi connectivity index (χ1) is 11.2. The summed E-state index contributed by atoms with van der Waals surface area (Å²) in [6.45, 7) is 0. The number of aromatic nitrogens is 3. The fraction of sp³-hybridized carbons (Fsp3) is 0.526. The summed E-state index contributed by atoms with van der Waals surface area (Å²) in [5, 5.41) is 13.3. The summed E-state index contributed by atoms with van der Waals surface area (Å²) in [7, 11) is 0. The minimum absolute atomic E-state index is 0.360. The van der Waals surface area contributed by atoms with E-state index >= 15 is 0 Å². The van der Waals surface area contributed by atoms with E-state index in [1.54, 1.807) is 0 Å². The molecule has 4 bridgehead atoms. The van der Waals surface area contributed by atoms with Crippen LogP contribution in [0, 0.1) is 17.8 Å². The van der Waals surface area contributed by atoms with Gasteiger partial charge in [0.1, 0.15) is 5.65 Å². The molecule has 0 aromatic carbocycles. The van der Waals surface area contributed by atoms with E-state index in [1.807, 2.05) is 12.4 Å². The molecule has 7 rings (SSSR count). The molecule has 23 heavy (non-hydrogen) atoms. The van der Waals surface area contributed by atoms with Crippen LogP contribution in [0.1, 0.15) is 38.1 Å². The zero-order chi connectivity index (χ0) is 15.2. The number of H-pyrrole nitrogens is 1. The third-order valence-corrected chi connectivity index (χ3v) is 6.77. The lowest BCUT2D eigenvalue weighted by molar-refractivity contribution is -0.146. The van der Waals surface area contributed by atoms with Crippen molar-refractivity contribution in [3.05, 3.63) is 30.7 Å². The molecule has 4 aliphatic carbocycles. The highest BCUT2D eigenvalue weighted by Crippen LogP contribution is 2.60. The molecule has 4 aliphatic rings. The number of aromatic amines is 1. The molecule has 0 aliphatic heterocycles. The Balaban J connectivity index is 1.56. The van der Waals surface area contributed by atoms with E-state index in [4.69, 9.17) is 0 Å². The van der Waals surface area contributed by atoms with Gasteiger partial charge in [-0.2, -0.15) is 0 Å². The molecule has 4 saturated carbocycles. The first-order valence-electron chi connectivity index (χ1n) is 8.85. The van der Waals surface area contributed by atoms with Crippen molar-refractivity contribution in [1.82, 2.24) is 14.5 Å². The van der Waals surface area contributed by atoms with Crippen LogP contribution in [-0.2, 0) is 0 Å². The molecule has 2 N–H and O–H groups in total. The molecule has 2 unspecified atom stereocenters. The molecular weight excluding hydrogens is 286 g/mol. The van der Waals surface area contributed by atoms with Crippen LogP contribution in [0.2, 0.25) is 0 Å². The quantitative estimate of drug-likeness (QED) is 0.721. The van der Waals surface area contributed by atoms with Gasteiger partial charge in [-0.05, 0) is 62.0 Å². The maximum Gasteiger partial charge on any atom is 0.139 e. The molecule has 0 spiro atoms. The number of aliphatic hydroxyl groups is 1. The van der Waals surface area contributed by atoms with E-state index in [2.05, 4.69) is 32.9 Å². The second-order valence-corrected chi connectivity index (χ2v) is 8.21. The third-order valence-electron chi connectivity index (χ3n) is 6.77. The van der Waals surface area contributed by atoms with Crippen LogP contribution in [0.5, 0.6) is 0 Å². The molecule has 0 amide bonds. The predicted octanol–water partition coefficient (Wildman–Crippen LogP) is 3.63. The molecule has 118 valence electrons. The second kappa shape index (κ2) is 3.99. The number of pyridine rings is 1. The lowest BCUT2D eigenvalue weighted by Crippen LogP contribution is -2.54. The Labute approximate surface area is 134 Å². The van der Waals surface area contributed by atoms with E-state index in [9.17, 15) is 5.11 Å². The van der Waals surface area contributed by atoms with Crippen molar-refractivity contribution in [3.8, 4) is 0 Å². The van der Waals surface area contributed by atoms with Crippen LogP contribution in [0.4, 0.5) is 0 Å². The van der Waals surface area contributed by atoms with Gasteiger partial charge >= 0.3 is 0 Å². The van der Waals surface area contributed by atoms with Gasteiger partial charge in [-0.25, -0.2) is 4.98 Å². The Hall–Kier alpha value is -1.81. The van der Waals surface area contributed by atoms with E-state index in [1.165, 1.54) is 29.1 Å². The van der Waals surface area contributed by atoms with Gasteiger partial charge in [-0.3, -0.25) is 0 Å². The van der Waals surface area contributed by atoms with E-state index in [0.717, 1.165) is 30.8 Å². The van der Waals surface area contributed by atoms with Gasteiger partial charge in [0.2, 0.25) is 0 Å². The summed E-state index contributed by atoms with van der Waals surface area (Å²) in [5.41, 5.74) is 1.93. The van der Waals surface area contributed by atoms with Gasteiger partial charge in [-0.15, -0.1) is 0 Å². The van der Waals surface area contributed by atoms with Crippen molar-refractivity contribution in [3.63, 3.8) is 0 Å². The average molecular weight is 307 g/mol. The molecule has 4 fully saturated rings. The lowest BCUT2D eigenvalue weighted by atomic mass is 9.52. The van der Waals surface area contributed by atoms with Crippen molar-refractivity contribution in [2.75, 3.05) is 0 Å². The molecule has 3 aromatic rings. The maximum absolute atomic E-state index is 10.8. The van der Waals surface area contributed by atoms with E-state index < -0.39 is 0 Å². The summed E-state index contributed by atoms with van der Waals surface area (Å²) in [6, 6.07) is 4.89. The zero-order valence-electron chi connectivity index (χ0n) is 13.1. The topological polar surface area (TPSA) is 53.8 Å². The van der Waals surface area contributed by atoms with E-state index in [0.29, 0.717) is 17.9 Å². The molecular formula is C19H21N3O. The Bertz CT molecular complexity index is 907. The largest absolute Gasteiger partial charge is 0.390 e. The van der Waals surface area contributed by atoms with Crippen molar-refractivity contribution in [2.45, 2.75) is 43.7 Å². The SMILES string of the molecule is OC12CC3C[C@H](C1)[C@@H](n1ccc4cnc5[nH]ccc5c41)[C@@H](C3)C2. The van der Waals surface area contributed by atoms with Crippen LogP contribution in [0.15, 0.2) is 30.7 Å². The van der Waals surface area contributed by atoms with Gasteiger partial charge in [0.05, 0.1) is 11.1 Å². The minimum atomic E-state index is -0.360. The molecule has 0 radical (unpaired) electrons. The second-order valence-electron chi connectivity index (χ2n) is 8.21. The zero-order valence-corrected chi connectivity index (χ0v) is 13.1. The normalized spacial score (nSPS) is 38.8. The number of hydrogen-bond donors (Lipinski definition) is 2. The Morgan fingerprint density at radius 3 is 2.78 bits per heavy atom. The van der Waals surface area contributed by atoms with Gasteiger partial charge in [-0.1, -0.05) is 0 Å². The monoisotopic (exact) mass is 307 g/mol. The van der Waals surface area contributed by atoms with Crippen molar-refractivity contribution >= 4 is 21.9 Å². The van der Waals surface area contributed by atoms with E-state index in [-0.39, 0.29) is 5.60 Å². The van der Waals surface area contributed by atoms with Crippen molar-refractivity contribution in [1.29, 1.82) is 0 Å². The summed E-state index contributed by atoms with van der Waals surface area (Å²) in [4.78, 5) is 7.76. The first-order valence-corrected chi connectivity index (χ1v) is 8.85. The van der Waals surface area contributed by atoms with Gasteiger partial charge in [0.15, 0.2) is 0 Å². The van der Waals surface area contributed by atoms with Gasteiger partial charge in [0, 0.05) is 35.4 Å². The van der Waals surface area contributed by atoms with Crippen LogP contribution in [0.25, 0.3) is 21.9 Å². The van der Waals surface area contributed by atoms with Crippen LogP contribution >= 0.6 is 0 Å². The molecule has 3 heterocycles. The standard InChI is InChI=1S/C19H21N3O/c23-19-7-11-5-13(8-19)16(14(6-11)9-19)22-4-2-12-10-21-18-15(17(12)22)1-3-20-18/h1-4,10-11,13-14,16,23H,5-9H2,(H,20,21)/t11?,13-,14+,16-,19?. The van der Waals surface area contributed by atoms with Gasteiger partial charge in [0.25, 0.3) is 0 Å². The molecule has 3 aromatic heterocycles. The molecule has 0 saturated heterocycles. The molecule has 4 nitrogen and oxygen atoms in total. The summed E-state index contributed by atoms with van der Waals surface area (Å²) < 4.78 is 2.52. The number of rotatable bonds is 1. The van der Waals surface area contributed by atoms with Crippen LogP contribution < -0.4 is 0 Å². The Morgan fingerprint density at radius 1 is 1.17 bits per heavy atom. The Kier molecular flexibility index (Phi) is 2.18. The summed E-state index contributed by atoms with van der Waals surface area (Å²) in [5.74, 6) is 2.01. The number of hydrogen-bond acceptors (Lipinski definition) is 2. The highest BCUT2D eigenvalue weighted by atomic mass is 16.3. The molecule has 4 heteroatoms. The fourth-order valence-corrected chi connectivity index (χ4v) is 6.31. The smallest absolute Gasteiger partial charge is 0.139 e. The third kappa shape index (κ3) is 1.57. The van der Waals surface area contributed by atoms with Crippen LogP contribution in [0.3, 0.4) is 0 Å². The lowest BCUT2D eigenvalue weighted by Gasteiger charge is -2.58. The van der Waals surface area contributed by atoms with Crippen LogP contribution in [-0.4, -0.2) is 25.2 Å². The average Bonchev–Trinajstić information content (AvgIpc) is 3.10. The summed E-state index contributed by atoms with van der Waals surface area (Å²) in [6.07, 6.45) is 11.8. The highest BCUT2D eigenvalue weighted by Gasteiger charge is 2.55. The van der Waals surface area contributed by atoms with Gasteiger partial charge < -0.3 is 14.7 Å². The number of nitrogens with zero attached hydrogens (tertiary/aromatic N) is 2. The number of nitrogens with one attached hydrogen (secondary N) is 1. The first kappa shape index (κ1) is 12.6. The number of fused-ring (bicyclic) bond motifs is 3. The molecule has 5 atom stereocenters. The Morgan fingerprint density at radius 2 is 2.00 bits per heavy atom. The maximum atomic E-state index is 10.8. The fourth-order valence-electron chi connectivity index (χ4n) is 6.31.